The summed E-state index contributed by atoms with van der Waals surface area (Å²) < 4.78 is 15.6. The maximum absolute atomic E-state index is 12.4. The Bertz CT molecular complexity index is 1220. The molecule has 4 aromatic rings. The van der Waals surface area contributed by atoms with Gasteiger partial charge in [-0.25, -0.2) is 14.8 Å². The first-order valence-electron chi connectivity index (χ1n) is 8.98. The summed E-state index contributed by atoms with van der Waals surface area (Å²) in [4.78, 5) is 33.2. The summed E-state index contributed by atoms with van der Waals surface area (Å²) in [7, 11) is 1.60. The molecule has 2 heterocycles. The number of anilines is 1. The average Bonchev–Trinajstić information content (AvgIpc) is 3.42. The molecule has 0 aliphatic carbocycles. The Morgan fingerprint density at radius 1 is 1.20 bits per heavy atom. The Kier molecular flexibility index (Phi) is 5.44. The summed E-state index contributed by atoms with van der Waals surface area (Å²) in [5.41, 5.74) is 2.96. The number of carbonyl (C=O) groups excluding carboxylic acids is 2. The number of methoxy groups -OCH3 is 1. The summed E-state index contributed by atoms with van der Waals surface area (Å²) in [6.07, 6.45) is 0.290. The molecule has 0 saturated heterocycles. The number of nitrogens with one attached hydrogen (secondary N) is 1. The second-order valence-electron chi connectivity index (χ2n) is 6.34. The van der Waals surface area contributed by atoms with E-state index >= 15 is 0 Å². The number of nitrogens with zero attached hydrogens (tertiary/aromatic N) is 2. The molecule has 0 fully saturated rings. The van der Waals surface area contributed by atoms with Crippen LogP contribution in [-0.2, 0) is 9.53 Å². The van der Waals surface area contributed by atoms with Crippen LogP contribution in [0.25, 0.3) is 22.4 Å². The SMILES string of the molecule is COc1cccc(-c2csc(NC(=O)C(C)OC(=O)c3ccc4ocnc4c3)n2)c1. The fraction of sp³-hybridized carbons (Fsp3) is 0.143. The molecule has 2 aromatic heterocycles. The zero-order valence-electron chi connectivity index (χ0n) is 16.1. The molecule has 2 aromatic carbocycles. The lowest BCUT2D eigenvalue weighted by Gasteiger charge is -2.12. The van der Waals surface area contributed by atoms with E-state index in [9.17, 15) is 9.59 Å². The van der Waals surface area contributed by atoms with E-state index in [0.717, 1.165) is 11.3 Å². The lowest BCUT2D eigenvalue weighted by Crippen LogP contribution is -2.29. The van der Waals surface area contributed by atoms with Gasteiger partial charge < -0.3 is 13.9 Å². The molecule has 9 heteroatoms. The van der Waals surface area contributed by atoms with Crippen molar-refractivity contribution < 1.29 is 23.5 Å². The van der Waals surface area contributed by atoms with Crippen LogP contribution in [0.5, 0.6) is 5.75 Å². The number of carbonyl (C=O) groups is 2. The minimum absolute atomic E-state index is 0.283. The molecule has 1 unspecified atom stereocenters. The van der Waals surface area contributed by atoms with Crippen LogP contribution in [0.15, 0.2) is 58.7 Å². The van der Waals surface area contributed by atoms with Gasteiger partial charge in [0.25, 0.3) is 5.91 Å². The van der Waals surface area contributed by atoms with Crippen LogP contribution in [0.2, 0.25) is 0 Å². The molecule has 152 valence electrons. The van der Waals surface area contributed by atoms with E-state index in [0.29, 0.717) is 21.9 Å². The lowest BCUT2D eigenvalue weighted by molar-refractivity contribution is -0.123. The van der Waals surface area contributed by atoms with Crippen molar-refractivity contribution in [2.24, 2.45) is 0 Å². The zero-order valence-corrected chi connectivity index (χ0v) is 16.9. The third-order valence-corrected chi connectivity index (χ3v) is 5.08. The van der Waals surface area contributed by atoms with Gasteiger partial charge in [-0.3, -0.25) is 10.1 Å². The van der Waals surface area contributed by atoms with Gasteiger partial charge in [0.15, 0.2) is 23.2 Å². The first-order chi connectivity index (χ1) is 14.5. The number of rotatable bonds is 6. The van der Waals surface area contributed by atoms with E-state index in [1.54, 1.807) is 25.3 Å². The maximum Gasteiger partial charge on any atom is 0.338 e. The first kappa shape index (κ1) is 19.6. The van der Waals surface area contributed by atoms with Gasteiger partial charge in [-0.1, -0.05) is 12.1 Å². The largest absolute Gasteiger partial charge is 0.497 e. The number of thiazole rings is 1. The molecule has 8 nitrogen and oxygen atoms in total. The number of oxazole rings is 1. The molecule has 1 atom stereocenters. The van der Waals surface area contributed by atoms with Crippen LogP contribution in [0.4, 0.5) is 5.13 Å². The van der Waals surface area contributed by atoms with Gasteiger partial charge in [0, 0.05) is 10.9 Å². The van der Waals surface area contributed by atoms with Crippen molar-refractivity contribution in [1.29, 1.82) is 0 Å². The Balaban J connectivity index is 1.39. The van der Waals surface area contributed by atoms with Crippen molar-refractivity contribution in [2.75, 3.05) is 12.4 Å². The molecule has 0 radical (unpaired) electrons. The minimum atomic E-state index is -1.00. The zero-order chi connectivity index (χ0) is 21.1. The summed E-state index contributed by atoms with van der Waals surface area (Å²) in [5.74, 6) is -0.383. The predicted octanol–water partition coefficient (Wildman–Crippen LogP) is 4.14. The van der Waals surface area contributed by atoms with Gasteiger partial charge in [-0.05, 0) is 37.3 Å². The van der Waals surface area contributed by atoms with E-state index < -0.39 is 18.0 Å². The molecule has 0 bridgehead atoms. The molecular weight excluding hydrogens is 406 g/mol. The van der Waals surface area contributed by atoms with Crippen LogP contribution in [-0.4, -0.2) is 35.1 Å². The quantitative estimate of drug-likeness (QED) is 0.465. The van der Waals surface area contributed by atoms with E-state index in [1.807, 2.05) is 29.6 Å². The Labute approximate surface area is 175 Å². The van der Waals surface area contributed by atoms with Crippen LogP contribution in [0.1, 0.15) is 17.3 Å². The third kappa shape index (κ3) is 4.15. The highest BCUT2D eigenvalue weighted by Crippen LogP contribution is 2.27. The Morgan fingerprint density at radius 2 is 2.07 bits per heavy atom. The Hall–Kier alpha value is -3.72. The second-order valence-corrected chi connectivity index (χ2v) is 7.20. The summed E-state index contributed by atoms with van der Waals surface area (Å²) in [5, 5.41) is 4.91. The van der Waals surface area contributed by atoms with Gasteiger partial charge in [-0.2, -0.15) is 0 Å². The molecule has 0 saturated carbocycles. The molecule has 0 aliphatic rings. The number of esters is 1. The summed E-state index contributed by atoms with van der Waals surface area (Å²) in [6, 6.07) is 12.2. The normalized spacial score (nSPS) is 11.8. The lowest BCUT2D eigenvalue weighted by atomic mass is 10.2. The van der Waals surface area contributed by atoms with Gasteiger partial charge in [-0.15, -0.1) is 11.3 Å². The number of amides is 1. The number of hydrogen-bond acceptors (Lipinski definition) is 8. The van der Waals surface area contributed by atoms with Crippen molar-refractivity contribution in [3.8, 4) is 17.0 Å². The highest BCUT2D eigenvalue weighted by molar-refractivity contribution is 7.14. The highest BCUT2D eigenvalue weighted by Gasteiger charge is 2.21. The number of hydrogen-bond donors (Lipinski definition) is 1. The Morgan fingerprint density at radius 3 is 2.90 bits per heavy atom. The van der Waals surface area contributed by atoms with Crippen LogP contribution >= 0.6 is 11.3 Å². The number of benzene rings is 2. The highest BCUT2D eigenvalue weighted by atomic mass is 32.1. The van der Waals surface area contributed by atoms with Crippen molar-refractivity contribution in [2.45, 2.75) is 13.0 Å². The van der Waals surface area contributed by atoms with Crippen LogP contribution in [0, 0.1) is 0 Å². The van der Waals surface area contributed by atoms with Crippen LogP contribution in [0.3, 0.4) is 0 Å². The molecule has 1 N–H and O–H groups in total. The van der Waals surface area contributed by atoms with Gasteiger partial charge in [0.05, 0.1) is 18.4 Å². The molecule has 4 rings (SSSR count). The minimum Gasteiger partial charge on any atom is -0.497 e. The van der Waals surface area contributed by atoms with Crippen molar-refractivity contribution in [3.05, 3.63) is 59.8 Å². The smallest absolute Gasteiger partial charge is 0.338 e. The van der Waals surface area contributed by atoms with Gasteiger partial charge in [0.2, 0.25) is 0 Å². The maximum atomic E-state index is 12.4. The summed E-state index contributed by atoms with van der Waals surface area (Å²) >= 11 is 1.28. The van der Waals surface area contributed by atoms with Crippen molar-refractivity contribution >= 4 is 39.4 Å². The fourth-order valence-corrected chi connectivity index (χ4v) is 3.44. The molecular formula is C21H17N3O5S. The third-order valence-electron chi connectivity index (χ3n) is 4.32. The molecule has 30 heavy (non-hydrogen) atoms. The number of fused-ring (bicyclic) bond motifs is 1. The van der Waals surface area contributed by atoms with E-state index in [1.165, 1.54) is 24.7 Å². The van der Waals surface area contributed by atoms with Crippen molar-refractivity contribution in [3.63, 3.8) is 0 Å². The van der Waals surface area contributed by atoms with Crippen molar-refractivity contribution in [1.82, 2.24) is 9.97 Å². The monoisotopic (exact) mass is 423 g/mol. The van der Waals surface area contributed by atoms with Gasteiger partial charge >= 0.3 is 5.97 Å². The average molecular weight is 423 g/mol. The molecule has 1 amide bonds. The van der Waals surface area contributed by atoms with E-state index in [-0.39, 0.29) is 5.56 Å². The topological polar surface area (TPSA) is 104 Å². The second kappa shape index (κ2) is 8.34. The predicted molar refractivity (Wildman–Crippen MR) is 112 cm³/mol. The number of ether oxygens (including phenoxy) is 2. The first-order valence-corrected chi connectivity index (χ1v) is 9.86. The van der Waals surface area contributed by atoms with Crippen LogP contribution < -0.4 is 10.1 Å². The van der Waals surface area contributed by atoms with E-state index in [2.05, 4.69) is 15.3 Å². The fourth-order valence-electron chi connectivity index (χ4n) is 2.72. The number of aromatic nitrogens is 2. The van der Waals surface area contributed by atoms with Gasteiger partial charge in [0.1, 0.15) is 11.3 Å². The van der Waals surface area contributed by atoms with E-state index in [4.69, 9.17) is 13.9 Å². The molecule has 0 aliphatic heterocycles. The summed E-state index contributed by atoms with van der Waals surface area (Å²) in [6.45, 7) is 1.50. The standard InChI is InChI=1S/C21H17N3O5S/c1-12(29-20(26)14-6-7-18-16(9-14)22-11-28-18)19(25)24-21-23-17(10-30-21)13-4-3-5-15(8-13)27-2/h3-12H,1-2H3,(H,23,24,25). The molecule has 0 spiro atoms.